The zero-order valence-electron chi connectivity index (χ0n) is 11.1. The van der Waals surface area contributed by atoms with Gasteiger partial charge in [0.1, 0.15) is 6.07 Å². The summed E-state index contributed by atoms with van der Waals surface area (Å²) < 4.78 is 0. The summed E-state index contributed by atoms with van der Waals surface area (Å²) in [6.45, 7) is 0. The van der Waals surface area contributed by atoms with Crippen molar-refractivity contribution in [1.29, 1.82) is 5.26 Å². The van der Waals surface area contributed by atoms with Gasteiger partial charge in [-0.05, 0) is 24.3 Å². The molecule has 0 saturated heterocycles. The van der Waals surface area contributed by atoms with Gasteiger partial charge < -0.3 is 10.6 Å². The first-order valence-electron chi connectivity index (χ1n) is 5.97. The van der Waals surface area contributed by atoms with Crippen molar-refractivity contribution >= 4 is 40.5 Å². The molecule has 2 N–H and O–H groups in total. The van der Waals surface area contributed by atoms with E-state index in [2.05, 4.69) is 0 Å². The highest BCUT2D eigenvalue weighted by Gasteiger charge is 2.20. The summed E-state index contributed by atoms with van der Waals surface area (Å²) in [6, 6.07) is 11.8. The van der Waals surface area contributed by atoms with Crippen LogP contribution in [0.2, 0.25) is 10.0 Å². The number of nitriles is 1. The van der Waals surface area contributed by atoms with Gasteiger partial charge in [-0.3, -0.25) is 4.79 Å². The van der Waals surface area contributed by atoms with E-state index in [-0.39, 0.29) is 15.6 Å². The molecular weight excluding hydrogens is 309 g/mol. The molecule has 4 nitrogen and oxygen atoms in total. The van der Waals surface area contributed by atoms with Gasteiger partial charge in [-0.15, -0.1) is 0 Å². The molecular formula is C15H11Cl2N3O. The van der Waals surface area contributed by atoms with Crippen molar-refractivity contribution in [2.24, 2.45) is 0 Å². The van der Waals surface area contributed by atoms with E-state index in [0.29, 0.717) is 16.9 Å². The minimum absolute atomic E-state index is 0.136. The number of carbonyl (C=O) groups is 1. The van der Waals surface area contributed by atoms with Gasteiger partial charge >= 0.3 is 0 Å². The Morgan fingerprint density at radius 1 is 1.29 bits per heavy atom. The van der Waals surface area contributed by atoms with Crippen molar-refractivity contribution < 1.29 is 4.79 Å². The largest absolute Gasteiger partial charge is 0.399 e. The zero-order valence-corrected chi connectivity index (χ0v) is 12.6. The molecule has 0 aliphatic rings. The molecule has 2 aromatic carbocycles. The minimum Gasteiger partial charge on any atom is -0.399 e. The van der Waals surface area contributed by atoms with Crippen molar-refractivity contribution in [3.63, 3.8) is 0 Å². The van der Waals surface area contributed by atoms with Gasteiger partial charge in [0.15, 0.2) is 0 Å². The number of nitrogen functional groups attached to an aromatic ring is 1. The molecule has 0 spiro atoms. The molecule has 0 atom stereocenters. The predicted octanol–water partition coefficient (Wildman–Crippen LogP) is 3.72. The number of carbonyl (C=O) groups excluding carboxylic acids is 1. The van der Waals surface area contributed by atoms with Crippen molar-refractivity contribution in [1.82, 2.24) is 0 Å². The first kappa shape index (κ1) is 15.2. The Balaban J connectivity index is 2.48. The average molecular weight is 320 g/mol. The number of hydrogen-bond donors (Lipinski definition) is 1. The molecule has 0 unspecified atom stereocenters. The van der Waals surface area contributed by atoms with Crippen LogP contribution in [0.4, 0.5) is 11.4 Å². The van der Waals surface area contributed by atoms with E-state index in [0.717, 1.165) is 0 Å². The fraction of sp³-hybridized carbons (Fsp3) is 0.0667. The average Bonchev–Trinajstić information content (AvgIpc) is 2.49. The molecule has 0 heterocycles. The van der Waals surface area contributed by atoms with Crippen LogP contribution in [0, 0.1) is 11.3 Å². The molecule has 21 heavy (non-hydrogen) atoms. The highest BCUT2D eigenvalue weighted by atomic mass is 35.5. The fourth-order valence-corrected chi connectivity index (χ4v) is 2.33. The summed E-state index contributed by atoms with van der Waals surface area (Å²) in [6.07, 6.45) is 0. The van der Waals surface area contributed by atoms with E-state index in [1.54, 1.807) is 31.3 Å². The number of benzene rings is 2. The molecule has 0 fully saturated rings. The number of nitrogens with two attached hydrogens (primary N) is 1. The summed E-state index contributed by atoms with van der Waals surface area (Å²) in [5, 5.41) is 9.45. The van der Waals surface area contributed by atoms with Crippen LogP contribution in [0.1, 0.15) is 15.9 Å². The number of rotatable bonds is 2. The molecule has 2 aromatic rings. The third-order valence-electron chi connectivity index (χ3n) is 2.97. The van der Waals surface area contributed by atoms with Crippen molar-refractivity contribution in [3.05, 3.63) is 57.6 Å². The van der Waals surface area contributed by atoms with Gasteiger partial charge in [0.2, 0.25) is 0 Å². The highest BCUT2D eigenvalue weighted by Crippen LogP contribution is 2.30. The van der Waals surface area contributed by atoms with E-state index in [1.165, 1.54) is 17.0 Å². The Morgan fingerprint density at radius 3 is 2.62 bits per heavy atom. The van der Waals surface area contributed by atoms with E-state index >= 15 is 0 Å². The molecule has 6 heteroatoms. The van der Waals surface area contributed by atoms with Crippen LogP contribution >= 0.6 is 23.2 Å². The lowest BCUT2D eigenvalue weighted by Gasteiger charge is -2.19. The molecule has 0 aliphatic heterocycles. The van der Waals surface area contributed by atoms with E-state index in [9.17, 15) is 4.79 Å². The number of anilines is 2. The Hall–Kier alpha value is -2.22. The molecule has 0 aliphatic carbocycles. The van der Waals surface area contributed by atoms with E-state index in [4.69, 9.17) is 34.2 Å². The highest BCUT2D eigenvalue weighted by molar-refractivity contribution is 6.44. The quantitative estimate of drug-likeness (QED) is 0.857. The SMILES string of the molecule is CN(C(=O)c1cc(N)cc(Cl)c1Cl)c1ccccc1C#N. The van der Waals surface area contributed by atoms with Crippen molar-refractivity contribution in [3.8, 4) is 6.07 Å². The molecule has 0 bridgehead atoms. The standard InChI is InChI=1S/C15H11Cl2N3O/c1-20(13-5-3-2-4-9(13)8-18)15(21)11-6-10(19)7-12(16)14(11)17/h2-7H,19H2,1H3. The van der Waals surface area contributed by atoms with Gasteiger partial charge in [-0.25, -0.2) is 0 Å². The molecule has 0 aromatic heterocycles. The molecule has 0 radical (unpaired) electrons. The van der Waals surface area contributed by atoms with Gasteiger partial charge in [-0.1, -0.05) is 35.3 Å². The summed E-state index contributed by atoms with van der Waals surface area (Å²) in [5.74, 6) is -0.392. The van der Waals surface area contributed by atoms with Crippen LogP contribution in [-0.4, -0.2) is 13.0 Å². The molecule has 0 saturated carbocycles. The van der Waals surface area contributed by atoms with Crippen LogP contribution < -0.4 is 10.6 Å². The maximum atomic E-state index is 12.6. The first-order chi connectivity index (χ1) is 9.95. The monoisotopic (exact) mass is 319 g/mol. The van der Waals surface area contributed by atoms with Crippen molar-refractivity contribution in [2.45, 2.75) is 0 Å². The second-order valence-electron chi connectivity index (χ2n) is 4.36. The lowest BCUT2D eigenvalue weighted by Crippen LogP contribution is -2.27. The number of nitrogens with zero attached hydrogens (tertiary/aromatic N) is 2. The number of hydrogen-bond acceptors (Lipinski definition) is 3. The van der Waals surface area contributed by atoms with Crippen LogP contribution in [0.5, 0.6) is 0 Å². The maximum Gasteiger partial charge on any atom is 0.259 e. The summed E-state index contributed by atoms with van der Waals surface area (Å²) >= 11 is 12.0. The Bertz CT molecular complexity index is 753. The van der Waals surface area contributed by atoms with E-state index < -0.39 is 5.91 Å². The van der Waals surface area contributed by atoms with Crippen LogP contribution in [-0.2, 0) is 0 Å². The van der Waals surface area contributed by atoms with Gasteiger partial charge in [0, 0.05) is 12.7 Å². The Morgan fingerprint density at radius 2 is 1.95 bits per heavy atom. The van der Waals surface area contributed by atoms with Gasteiger partial charge in [0.05, 0.1) is 26.9 Å². The second kappa shape index (κ2) is 6.04. The molecule has 2 rings (SSSR count). The third kappa shape index (κ3) is 2.94. The summed E-state index contributed by atoms with van der Waals surface area (Å²) in [7, 11) is 1.56. The smallest absolute Gasteiger partial charge is 0.259 e. The topological polar surface area (TPSA) is 70.1 Å². The number of amides is 1. The first-order valence-corrected chi connectivity index (χ1v) is 6.73. The normalized spacial score (nSPS) is 10.0. The zero-order chi connectivity index (χ0) is 15.6. The van der Waals surface area contributed by atoms with Crippen LogP contribution in [0.25, 0.3) is 0 Å². The Labute approximate surface area is 132 Å². The van der Waals surface area contributed by atoms with Crippen LogP contribution in [0.3, 0.4) is 0 Å². The van der Waals surface area contributed by atoms with E-state index in [1.807, 2.05) is 6.07 Å². The van der Waals surface area contributed by atoms with Crippen molar-refractivity contribution in [2.75, 3.05) is 17.7 Å². The minimum atomic E-state index is -0.392. The second-order valence-corrected chi connectivity index (χ2v) is 5.14. The van der Waals surface area contributed by atoms with Gasteiger partial charge in [0.25, 0.3) is 5.91 Å². The third-order valence-corrected chi connectivity index (χ3v) is 3.77. The fourth-order valence-electron chi connectivity index (χ4n) is 1.92. The molecule has 1 amide bonds. The lowest BCUT2D eigenvalue weighted by molar-refractivity contribution is 0.0993. The summed E-state index contributed by atoms with van der Waals surface area (Å²) in [4.78, 5) is 13.9. The summed E-state index contributed by atoms with van der Waals surface area (Å²) in [5.41, 5.74) is 7.10. The number of halogens is 2. The maximum absolute atomic E-state index is 12.6. The molecule has 106 valence electrons. The lowest BCUT2D eigenvalue weighted by atomic mass is 10.1. The van der Waals surface area contributed by atoms with Crippen LogP contribution in [0.15, 0.2) is 36.4 Å². The predicted molar refractivity (Wildman–Crippen MR) is 84.8 cm³/mol. The number of para-hydroxylation sites is 1. The van der Waals surface area contributed by atoms with Gasteiger partial charge in [-0.2, -0.15) is 5.26 Å². The Kier molecular flexibility index (Phi) is 4.37.